The van der Waals surface area contributed by atoms with E-state index in [2.05, 4.69) is 20.7 Å². The third-order valence-electron chi connectivity index (χ3n) is 3.02. The molecule has 1 unspecified atom stereocenters. The van der Waals surface area contributed by atoms with Gasteiger partial charge in [-0.2, -0.15) is 0 Å². The Bertz CT molecular complexity index is 847. The highest BCUT2D eigenvalue weighted by molar-refractivity contribution is 8.00. The van der Waals surface area contributed by atoms with Crippen molar-refractivity contribution in [2.24, 2.45) is 0 Å². The van der Waals surface area contributed by atoms with Gasteiger partial charge in [-0.05, 0) is 38.1 Å². The Morgan fingerprint density at radius 1 is 1.29 bits per heavy atom. The number of benzene rings is 1. The molecule has 24 heavy (non-hydrogen) atoms. The van der Waals surface area contributed by atoms with Crippen LogP contribution in [0.5, 0.6) is 0 Å². The molecule has 9 heteroatoms. The zero-order chi connectivity index (χ0) is 17.1. The summed E-state index contributed by atoms with van der Waals surface area (Å²) in [5, 5.41) is 14.7. The van der Waals surface area contributed by atoms with E-state index in [0.29, 0.717) is 27.7 Å². The lowest BCUT2D eigenvalue weighted by Crippen LogP contribution is -2.22. The van der Waals surface area contributed by atoms with Gasteiger partial charge in [0.15, 0.2) is 0 Å². The minimum absolute atomic E-state index is 0.248. The zero-order valence-corrected chi connectivity index (χ0v) is 14.4. The van der Waals surface area contributed by atoms with Crippen LogP contribution in [-0.2, 0) is 4.79 Å². The summed E-state index contributed by atoms with van der Waals surface area (Å²) < 4.78 is 10.5. The van der Waals surface area contributed by atoms with Crippen molar-refractivity contribution in [3.63, 3.8) is 0 Å². The summed E-state index contributed by atoms with van der Waals surface area (Å²) in [6.45, 7) is 3.50. The Morgan fingerprint density at radius 2 is 2.04 bits per heavy atom. The lowest BCUT2D eigenvalue weighted by molar-refractivity contribution is -0.115. The molecular weight excluding hydrogens is 352 g/mol. The standard InChI is InChI=1S/C15H13ClN4O3S/c1-8-7-12(23-20-8)17-13(21)9(2)24-15-19-18-14(22-15)10-3-5-11(16)6-4-10/h3-7,9H,1-2H3,(H,17,21). The largest absolute Gasteiger partial charge is 0.411 e. The number of anilines is 1. The van der Waals surface area contributed by atoms with Gasteiger partial charge in [0, 0.05) is 16.7 Å². The third-order valence-corrected chi connectivity index (χ3v) is 4.21. The molecule has 1 amide bonds. The molecule has 2 heterocycles. The van der Waals surface area contributed by atoms with Gasteiger partial charge in [-0.25, -0.2) is 0 Å². The van der Waals surface area contributed by atoms with Crippen molar-refractivity contribution in [3.8, 4) is 11.5 Å². The van der Waals surface area contributed by atoms with Crippen molar-refractivity contribution in [2.45, 2.75) is 24.3 Å². The van der Waals surface area contributed by atoms with E-state index >= 15 is 0 Å². The summed E-state index contributed by atoms with van der Waals surface area (Å²) in [7, 11) is 0. The van der Waals surface area contributed by atoms with Gasteiger partial charge in [0.05, 0.1) is 10.9 Å². The van der Waals surface area contributed by atoms with Crippen LogP contribution in [0.15, 0.2) is 44.5 Å². The number of aryl methyl sites for hydroxylation is 1. The molecule has 0 aliphatic heterocycles. The van der Waals surface area contributed by atoms with Gasteiger partial charge in [-0.1, -0.05) is 28.5 Å². The number of halogens is 1. The summed E-state index contributed by atoms with van der Waals surface area (Å²) >= 11 is 7.00. The summed E-state index contributed by atoms with van der Waals surface area (Å²) in [4.78, 5) is 12.1. The minimum atomic E-state index is -0.450. The normalized spacial score (nSPS) is 12.1. The highest BCUT2D eigenvalue weighted by atomic mass is 35.5. The molecule has 3 aromatic rings. The molecule has 0 fully saturated rings. The number of nitrogens with one attached hydrogen (secondary N) is 1. The number of aromatic nitrogens is 3. The number of rotatable bonds is 5. The van der Waals surface area contributed by atoms with Crippen LogP contribution in [-0.4, -0.2) is 26.5 Å². The second-order valence-corrected chi connectivity index (χ2v) is 6.69. The average molecular weight is 365 g/mol. The third kappa shape index (κ3) is 3.95. The second-order valence-electron chi connectivity index (χ2n) is 4.96. The van der Waals surface area contributed by atoms with Crippen LogP contribution < -0.4 is 5.32 Å². The molecule has 3 rings (SSSR count). The molecule has 124 valence electrons. The predicted octanol–water partition coefficient (Wildman–Crippen LogP) is 3.81. The van der Waals surface area contributed by atoms with Crippen LogP contribution in [0.2, 0.25) is 5.02 Å². The molecule has 1 atom stereocenters. The van der Waals surface area contributed by atoms with E-state index in [1.165, 1.54) is 0 Å². The molecule has 7 nitrogen and oxygen atoms in total. The van der Waals surface area contributed by atoms with Gasteiger partial charge in [0.2, 0.25) is 17.7 Å². The van der Waals surface area contributed by atoms with Crippen LogP contribution in [0.1, 0.15) is 12.6 Å². The lowest BCUT2D eigenvalue weighted by atomic mass is 10.2. The average Bonchev–Trinajstić information content (AvgIpc) is 3.17. The Morgan fingerprint density at radius 3 is 2.71 bits per heavy atom. The summed E-state index contributed by atoms with van der Waals surface area (Å²) in [5.74, 6) is 0.423. The highest BCUT2D eigenvalue weighted by Crippen LogP contribution is 2.27. The first kappa shape index (κ1) is 16.5. The topological polar surface area (TPSA) is 94.1 Å². The van der Waals surface area contributed by atoms with E-state index in [9.17, 15) is 4.79 Å². The van der Waals surface area contributed by atoms with Gasteiger partial charge in [-0.15, -0.1) is 10.2 Å². The molecule has 0 bridgehead atoms. The maximum Gasteiger partial charge on any atom is 0.277 e. The van der Waals surface area contributed by atoms with E-state index in [-0.39, 0.29) is 5.91 Å². The van der Waals surface area contributed by atoms with E-state index in [1.807, 2.05) is 0 Å². The van der Waals surface area contributed by atoms with E-state index in [1.54, 1.807) is 44.2 Å². The van der Waals surface area contributed by atoms with Crippen molar-refractivity contribution in [1.82, 2.24) is 15.4 Å². The summed E-state index contributed by atoms with van der Waals surface area (Å²) in [6.07, 6.45) is 0. The van der Waals surface area contributed by atoms with Crippen LogP contribution in [0.25, 0.3) is 11.5 Å². The van der Waals surface area contributed by atoms with E-state index < -0.39 is 5.25 Å². The van der Waals surface area contributed by atoms with Crippen LogP contribution in [0, 0.1) is 6.92 Å². The van der Waals surface area contributed by atoms with Crippen molar-refractivity contribution in [1.29, 1.82) is 0 Å². The lowest BCUT2D eigenvalue weighted by Gasteiger charge is -2.06. The summed E-state index contributed by atoms with van der Waals surface area (Å²) in [6, 6.07) is 8.69. The van der Waals surface area contributed by atoms with E-state index in [4.69, 9.17) is 20.5 Å². The van der Waals surface area contributed by atoms with Gasteiger partial charge in [0.1, 0.15) is 0 Å². The first-order valence-electron chi connectivity index (χ1n) is 7.01. The van der Waals surface area contributed by atoms with Crippen molar-refractivity contribution >= 4 is 35.2 Å². The molecule has 0 radical (unpaired) electrons. The Labute approximate surface area is 146 Å². The van der Waals surface area contributed by atoms with Crippen LogP contribution in [0.3, 0.4) is 0 Å². The molecule has 0 saturated heterocycles. The molecule has 1 aromatic carbocycles. The van der Waals surface area contributed by atoms with Gasteiger partial charge in [-0.3, -0.25) is 10.1 Å². The molecule has 2 aromatic heterocycles. The SMILES string of the molecule is Cc1cc(NC(=O)C(C)Sc2nnc(-c3ccc(Cl)cc3)o2)on1. The van der Waals surface area contributed by atoms with Crippen molar-refractivity contribution in [2.75, 3.05) is 5.32 Å². The number of hydrogen-bond acceptors (Lipinski definition) is 7. The van der Waals surface area contributed by atoms with E-state index in [0.717, 1.165) is 17.3 Å². The number of nitrogens with zero attached hydrogens (tertiary/aromatic N) is 3. The van der Waals surface area contributed by atoms with Gasteiger partial charge >= 0.3 is 0 Å². The molecule has 0 aliphatic carbocycles. The zero-order valence-electron chi connectivity index (χ0n) is 12.8. The van der Waals surface area contributed by atoms with Crippen LogP contribution in [0.4, 0.5) is 5.88 Å². The Kier molecular flexibility index (Phi) is 4.86. The maximum atomic E-state index is 12.1. The molecule has 0 spiro atoms. The number of carbonyl (C=O) groups is 1. The molecule has 0 saturated carbocycles. The smallest absolute Gasteiger partial charge is 0.277 e. The maximum absolute atomic E-state index is 12.1. The molecule has 0 aliphatic rings. The number of carbonyl (C=O) groups excluding carboxylic acids is 1. The monoisotopic (exact) mass is 364 g/mol. The highest BCUT2D eigenvalue weighted by Gasteiger charge is 2.20. The number of thioether (sulfide) groups is 1. The van der Waals surface area contributed by atoms with Crippen molar-refractivity contribution < 1.29 is 13.7 Å². The fourth-order valence-electron chi connectivity index (χ4n) is 1.82. The minimum Gasteiger partial charge on any atom is -0.411 e. The fraction of sp³-hybridized carbons (Fsp3) is 0.200. The number of hydrogen-bond donors (Lipinski definition) is 1. The second kappa shape index (κ2) is 7.06. The first-order valence-corrected chi connectivity index (χ1v) is 8.27. The number of amides is 1. The van der Waals surface area contributed by atoms with Gasteiger partial charge < -0.3 is 8.94 Å². The Hall–Kier alpha value is -2.32. The summed E-state index contributed by atoms with van der Waals surface area (Å²) in [5.41, 5.74) is 1.45. The van der Waals surface area contributed by atoms with Gasteiger partial charge in [0.25, 0.3) is 5.22 Å². The fourth-order valence-corrected chi connectivity index (χ4v) is 2.63. The van der Waals surface area contributed by atoms with Crippen molar-refractivity contribution in [3.05, 3.63) is 41.0 Å². The van der Waals surface area contributed by atoms with Crippen LogP contribution >= 0.6 is 23.4 Å². The first-order chi connectivity index (χ1) is 11.5. The Balaban J connectivity index is 1.63. The molecule has 1 N–H and O–H groups in total. The molecular formula is C15H13ClN4O3S. The predicted molar refractivity (Wildman–Crippen MR) is 89.9 cm³/mol. The quantitative estimate of drug-likeness (QED) is 0.688.